The zero-order valence-electron chi connectivity index (χ0n) is 13.3. The highest BCUT2D eigenvalue weighted by Crippen LogP contribution is 2.19. The van der Waals surface area contributed by atoms with Crippen LogP contribution in [-0.4, -0.2) is 32.7 Å². The molecule has 0 aromatic rings. The largest absolute Gasteiger partial charge is 0.385 e. The number of hydrogen-bond acceptors (Lipinski definition) is 3. The van der Waals surface area contributed by atoms with Crippen molar-refractivity contribution in [3.8, 4) is 0 Å². The van der Waals surface area contributed by atoms with Gasteiger partial charge < -0.3 is 15.8 Å². The molecule has 114 valence electrons. The topological polar surface area (TPSA) is 64.3 Å². The van der Waals surface area contributed by atoms with Gasteiger partial charge in [0.1, 0.15) is 0 Å². The summed E-state index contributed by atoms with van der Waals surface area (Å²) >= 11 is 0. The second-order valence-corrected chi connectivity index (χ2v) is 6.62. The summed E-state index contributed by atoms with van der Waals surface area (Å²) in [5.74, 6) is 0.989. The van der Waals surface area contributed by atoms with Gasteiger partial charge in [-0.25, -0.2) is 0 Å². The van der Waals surface area contributed by atoms with Crippen LogP contribution >= 0.6 is 0 Å². The summed E-state index contributed by atoms with van der Waals surface area (Å²) in [6.45, 7) is 10.6. The number of methoxy groups -OCH3 is 1. The lowest BCUT2D eigenvalue weighted by atomic mass is 9.89. The van der Waals surface area contributed by atoms with Crippen molar-refractivity contribution in [1.29, 1.82) is 0 Å². The van der Waals surface area contributed by atoms with Crippen LogP contribution in [0.1, 0.15) is 47.0 Å². The fraction of sp³-hybridized carbons (Fsp3) is 0.933. The van der Waals surface area contributed by atoms with Crippen molar-refractivity contribution < 1.29 is 9.53 Å². The Morgan fingerprint density at radius 1 is 1.37 bits per heavy atom. The Kier molecular flexibility index (Phi) is 9.02. The van der Waals surface area contributed by atoms with E-state index in [1.54, 1.807) is 7.11 Å². The molecule has 1 atom stereocenters. The number of rotatable bonds is 10. The minimum Gasteiger partial charge on any atom is -0.385 e. The number of amides is 1. The van der Waals surface area contributed by atoms with Crippen LogP contribution in [0.4, 0.5) is 0 Å². The van der Waals surface area contributed by atoms with Crippen molar-refractivity contribution in [2.75, 3.05) is 26.8 Å². The van der Waals surface area contributed by atoms with Gasteiger partial charge in [0.15, 0.2) is 0 Å². The first-order valence-electron chi connectivity index (χ1n) is 7.26. The molecule has 0 aliphatic heterocycles. The van der Waals surface area contributed by atoms with Gasteiger partial charge in [-0.15, -0.1) is 0 Å². The zero-order chi connectivity index (χ0) is 14.9. The van der Waals surface area contributed by atoms with E-state index in [0.29, 0.717) is 31.3 Å². The van der Waals surface area contributed by atoms with E-state index in [-0.39, 0.29) is 11.3 Å². The maximum atomic E-state index is 11.9. The molecule has 0 aromatic heterocycles. The van der Waals surface area contributed by atoms with Crippen LogP contribution in [0.25, 0.3) is 0 Å². The van der Waals surface area contributed by atoms with Crippen molar-refractivity contribution in [3.05, 3.63) is 0 Å². The molecule has 19 heavy (non-hydrogen) atoms. The Morgan fingerprint density at radius 2 is 2.00 bits per heavy atom. The summed E-state index contributed by atoms with van der Waals surface area (Å²) < 4.78 is 5.08. The van der Waals surface area contributed by atoms with Crippen LogP contribution in [0.5, 0.6) is 0 Å². The van der Waals surface area contributed by atoms with Crippen LogP contribution in [0, 0.1) is 17.3 Å². The fourth-order valence-corrected chi connectivity index (χ4v) is 2.07. The molecule has 0 spiro atoms. The van der Waals surface area contributed by atoms with Crippen LogP contribution in [0.15, 0.2) is 0 Å². The van der Waals surface area contributed by atoms with Gasteiger partial charge in [-0.05, 0) is 36.6 Å². The molecule has 4 nitrogen and oxygen atoms in total. The Labute approximate surface area is 118 Å². The molecule has 0 aromatic carbocycles. The standard InChI is InChI=1S/C15H32N2O2/c1-12(2)8-13(10-16)9-14(18)17-11-15(3,4)6-7-19-5/h12-13H,6-11,16H2,1-5H3,(H,17,18)/t13-/m0/s1. The van der Waals surface area contributed by atoms with Crippen molar-refractivity contribution in [3.63, 3.8) is 0 Å². The van der Waals surface area contributed by atoms with Gasteiger partial charge in [0.05, 0.1) is 0 Å². The lowest BCUT2D eigenvalue weighted by Crippen LogP contribution is -2.36. The highest BCUT2D eigenvalue weighted by atomic mass is 16.5. The average Bonchev–Trinajstić information content (AvgIpc) is 2.33. The van der Waals surface area contributed by atoms with Gasteiger partial charge in [0.2, 0.25) is 5.91 Å². The molecule has 3 N–H and O–H groups in total. The molecule has 0 bridgehead atoms. The maximum absolute atomic E-state index is 11.9. The molecule has 0 aliphatic rings. The second-order valence-electron chi connectivity index (χ2n) is 6.62. The molecule has 0 radical (unpaired) electrons. The monoisotopic (exact) mass is 272 g/mol. The number of carbonyl (C=O) groups excluding carboxylic acids is 1. The molecule has 0 heterocycles. The van der Waals surface area contributed by atoms with E-state index in [2.05, 4.69) is 33.0 Å². The van der Waals surface area contributed by atoms with E-state index >= 15 is 0 Å². The van der Waals surface area contributed by atoms with Gasteiger partial charge in [-0.2, -0.15) is 0 Å². The molecule has 0 saturated heterocycles. The van der Waals surface area contributed by atoms with Crippen LogP contribution in [0.3, 0.4) is 0 Å². The van der Waals surface area contributed by atoms with E-state index in [9.17, 15) is 4.79 Å². The smallest absolute Gasteiger partial charge is 0.220 e. The van der Waals surface area contributed by atoms with Gasteiger partial charge in [0, 0.05) is 26.7 Å². The van der Waals surface area contributed by atoms with E-state index in [4.69, 9.17) is 10.5 Å². The Balaban J connectivity index is 4.02. The lowest BCUT2D eigenvalue weighted by Gasteiger charge is -2.25. The van der Waals surface area contributed by atoms with Crippen LogP contribution in [0.2, 0.25) is 0 Å². The van der Waals surface area contributed by atoms with Crippen LogP contribution in [-0.2, 0) is 9.53 Å². The van der Waals surface area contributed by atoms with Gasteiger partial charge in [-0.1, -0.05) is 27.7 Å². The molecule has 0 aliphatic carbocycles. The predicted molar refractivity (Wildman–Crippen MR) is 79.9 cm³/mol. The third-order valence-electron chi connectivity index (χ3n) is 3.36. The van der Waals surface area contributed by atoms with Gasteiger partial charge in [0.25, 0.3) is 0 Å². The molecule has 0 saturated carbocycles. The quantitative estimate of drug-likeness (QED) is 0.640. The molecule has 4 heteroatoms. The molecule has 0 unspecified atom stereocenters. The van der Waals surface area contributed by atoms with Crippen molar-refractivity contribution in [1.82, 2.24) is 5.32 Å². The molecular weight excluding hydrogens is 240 g/mol. The van der Waals surface area contributed by atoms with Crippen molar-refractivity contribution >= 4 is 5.91 Å². The third-order valence-corrected chi connectivity index (χ3v) is 3.36. The first-order chi connectivity index (χ1) is 8.80. The van der Waals surface area contributed by atoms with E-state index in [0.717, 1.165) is 19.4 Å². The van der Waals surface area contributed by atoms with Crippen molar-refractivity contribution in [2.45, 2.75) is 47.0 Å². The molecule has 0 fully saturated rings. The molecule has 0 rings (SSSR count). The van der Waals surface area contributed by atoms with Gasteiger partial charge >= 0.3 is 0 Å². The Hall–Kier alpha value is -0.610. The predicted octanol–water partition coefficient (Wildman–Crippen LogP) is 2.18. The zero-order valence-corrected chi connectivity index (χ0v) is 13.3. The summed E-state index contributed by atoms with van der Waals surface area (Å²) in [4.78, 5) is 11.9. The van der Waals surface area contributed by atoms with Crippen molar-refractivity contribution in [2.24, 2.45) is 23.0 Å². The summed E-state index contributed by atoms with van der Waals surface area (Å²) in [5.41, 5.74) is 5.79. The van der Waals surface area contributed by atoms with Gasteiger partial charge in [-0.3, -0.25) is 4.79 Å². The Morgan fingerprint density at radius 3 is 2.47 bits per heavy atom. The summed E-state index contributed by atoms with van der Waals surface area (Å²) in [6.07, 6.45) is 2.49. The number of carbonyl (C=O) groups is 1. The second kappa shape index (κ2) is 9.32. The SMILES string of the molecule is COCCC(C)(C)CNC(=O)C[C@@H](CN)CC(C)C. The maximum Gasteiger partial charge on any atom is 0.220 e. The highest BCUT2D eigenvalue weighted by molar-refractivity contribution is 5.76. The first kappa shape index (κ1) is 18.4. The lowest BCUT2D eigenvalue weighted by molar-refractivity contribution is -0.122. The van der Waals surface area contributed by atoms with E-state index in [1.165, 1.54) is 0 Å². The highest BCUT2D eigenvalue weighted by Gasteiger charge is 2.20. The molecular formula is C15H32N2O2. The minimum absolute atomic E-state index is 0.0714. The number of nitrogens with one attached hydrogen (secondary N) is 1. The van der Waals surface area contributed by atoms with E-state index in [1.807, 2.05) is 0 Å². The van der Waals surface area contributed by atoms with E-state index < -0.39 is 0 Å². The average molecular weight is 272 g/mol. The molecule has 1 amide bonds. The number of nitrogens with two attached hydrogens (primary N) is 1. The summed E-state index contributed by atoms with van der Waals surface area (Å²) in [7, 11) is 1.70. The summed E-state index contributed by atoms with van der Waals surface area (Å²) in [6, 6.07) is 0. The minimum atomic E-state index is 0.0714. The number of hydrogen-bond donors (Lipinski definition) is 2. The fourth-order valence-electron chi connectivity index (χ4n) is 2.07. The normalized spacial score (nSPS) is 13.6. The first-order valence-corrected chi connectivity index (χ1v) is 7.26. The Bertz CT molecular complexity index is 253. The van der Waals surface area contributed by atoms with Crippen LogP contribution < -0.4 is 11.1 Å². The number of ether oxygens (including phenoxy) is 1. The summed E-state index contributed by atoms with van der Waals surface area (Å²) in [5, 5.41) is 3.02. The third kappa shape index (κ3) is 9.91.